The molecule has 74 valence electrons. The zero-order chi connectivity index (χ0) is 9.40. The number of halogens is 2. The molecule has 0 fully saturated rings. The summed E-state index contributed by atoms with van der Waals surface area (Å²) in [6, 6.07) is 0. The van der Waals surface area contributed by atoms with E-state index < -0.39 is 5.97 Å². The molecule has 0 rings (SSSR count). The van der Waals surface area contributed by atoms with E-state index in [9.17, 15) is 4.79 Å². The predicted octanol–water partition coefficient (Wildman–Crippen LogP) is -0.0158. The maximum Gasteiger partial charge on any atom is 1.00 e. The summed E-state index contributed by atoms with van der Waals surface area (Å²) >= 11 is 11.3. The Labute approximate surface area is 113 Å². The molecule has 2 nitrogen and oxygen atoms in total. The maximum absolute atomic E-state index is 10.1. The number of hydrogen-bond acceptors (Lipinski definition) is 1. The first-order valence-electron chi connectivity index (χ1n) is 4.08. The normalized spacial score (nSPS) is 11.8. The molecule has 0 saturated carbocycles. The standard InChI is InChI=1S/C8H14Cl2O2.Na.H/c9-6-5-7(10)3-1-2-4-8(11)12;;/h7H,1-6H2,(H,11,12);;/q;+1;-1. The molecule has 0 aromatic heterocycles. The monoisotopic (exact) mass is 236 g/mol. The van der Waals surface area contributed by atoms with Crippen LogP contribution < -0.4 is 29.6 Å². The summed E-state index contributed by atoms with van der Waals surface area (Å²) < 4.78 is 0. The summed E-state index contributed by atoms with van der Waals surface area (Å²) in [5, 5.41) is 8.44. The van der Waals surface area contributed by atoms with Gasteiger partial charge in [-0.25, -0.2) is 0 Å². The van der Waals surface area contributed by atoms with Gasteiger partial charge in [0.25, 0.3) is 0 Å². The van der Waals surface area contributed by atoms with Gasteiger partial charge in [0.1, 0.15) is 0 Å². The Bertz CT molecular complexity index is 139. The molecule has 0 aliphatic heterocycles. The van der Waals surface area contributed by atoms with Crippen LogP contribution in [0, 0.1) is 0 Å². The second-order valence-electron chi connectivity index (χ2n) is 2.71. The smallest absolute Gasteiger partial charge is 1.00 e. The molecule has 0 saturated heterocycles. The molecule has 5 heteroatoms. The number of aliphatic carboxylic acids is 1. The summed E-state index contributed by atoms with van der Waals surface area (Å²) in [4.78, 5) is 10.1. The van der Waals surface area contributed by atoms with E-state index in [1.165, 1.54) is 0 Å². The van der Waals surface area contributed by atoms with Crippen molar-refractivity contribution >= 4 is 29.2 Å². The molecule has 0 aliphatic carbocycles. The van der Waals surface area contributed by atoms with Gasteiger partial charge in [0.05, 0.1) is 0 Å². The molecule has 1 N–H and O–H groups in total. The maximum atomic E-state index is 10.1. The van der Waals surface area contributed by atoms with E-state index in [1.807, 2.05) is 0 Å². The Morgan fingerprint density at radius 1 is 1.38 bits per heavy atom. The number of carboxylic acid groups (broad SMARTS) is 1. The first kappa shape index (κ1) is 16.5. The van der Waals surface area contributed by atoms with Gasteiger partial charge >= 0.3 is 35.5 Å². The Balaban J connectivity index is -0.000000605. The summed E-state index contributed by atoms with van der Waals surface area (Å²) in [6.45, 7) is 0. The quantitative estimate of drug-likeness (QED) is 0.384. The summed E-state index contributed by atoms with van der Waals surface area (Å²) in [7, 11) is 0. The third-order valence-corrected chi connectivity index (χ3v) is 2.23. The number of unbranched alkanes of at least 4 members (excludes halogenated alkanes) is 1. The van der Waals surface area contributed by atoms with Crippen molar-refractivity contribution in [3.63, 3.8) is 0 Å². The van der Waals surface area contributed by atoms with E-state index in [-0.39, 0.29) is 42.8 Å². The summed E-state index contributed by atoms with van der Waals surface area (Å²) in [5.74, 6) is -0.161. The summed E-state index contributed by atoms with van der Waals surface area (Å²) in [5.41, 5.74) is 0. The number of rotatable bonds is 7. The number of alkyl halides is 2. The van der Waals surface area contributed by atoms with E-state index in [1.54, 1.807) is 0 Å². The summed E-state index contributed by atoms with van der Waals surface area (Å²) in [6.07, 6.45) is 3.49. The molecule has 0 aromatic carbocycles. The van der Waals surface area contributed by atoms with Gasteiger partial charge in [0, 0.05) is 17.7 Å². The Morgan fingerprint density at radius 2 is 2.00 bits per heavy atom. The van der Waals surface area contributed by atoms with Crippen LogP contribution in [-0.4, -0.2) is 22.3 Å². The molecule has 0 radical (unpaired) electrons. The van der Waals surface area contributed by atoms with Crippen LogP contribution in [0.2, 0.25) is 0 Å². The van der Waals surface area contributed by atoms with Gasteiger partial charge in [-0.05, 0) is 19.3 Å². The Hall–Kier alpha value is 1.05. The van der Waals surface area contributed by atoms with Crippen LogP contribution >= 0.6 is 23.2 Å². The molecule has 0 amide bonds. The third kappa shape index (κ3) is 13.1. The van der Waals surface area contributed by atoms with Crippen molar-refractivity contribution in [3.8, 4) is 0 Å². The minimum Gasteiger partial charge on any atom is -1.00 e. The number of carboxylic acids is 1. The molecule has 13 heavy (non-hydrogen) atoms. The van der Waals surface area contributed by atoms with Gasteiger partial charge in [0.15, 0.2) is 0 Å². The average molecular weight is 237 g/mol. The van der Waals surface area contributed by atoms with Crippen molar-refractivity contribution in [3.05, 3.63) is 0 Å². The molecule has 0 bridgehead atoms. The van der Waals surface area contributed by atoms with Crippen LogP contribution in [0.15, 0.2) is 0 Å². The topological polar surface area (TPSA) is 37.3 Å². The van der Waals surface area contributed by atoms with Crippen molar-refractivity contribution in [2.45, 2.75) is 37.5 Å². The fraction of sp³-hybridized carbons (Fsp3) is 0.875. The van der Waals surface area contributed by atoms with Crippen molar-refractivity contribution < 1.29 is 40.9 Å². The van der Waals surface area contributed by atoms with E-state index in [0.29, 0.717) is 12.3 Å². The molecule has 0 aliphatic rings. The third-order valence-electron chi connectivity index (χ3n) is 1.58. The van der Waals surface area contributed by atoms with Crippen LogP contribution in [-0.2, 0) is 4.79 Å². The first-order chi connectivity index (χ1) is 5.66. The fourth-order valence-electron chi connectivity index (χ4n) is 0.905. The van der Waals surface area contributed by atoms with Crippen molar-refractivity contribution in [2.75, 3.05) is 5.88 Å². The van der Waals surface area contributed by atoms with Gasteiger partial charge in [-0.3, -0.25) is 4.79 Å². The van der Waals surface area contributed by atoms with Gasteiger partial charge in [0.2, 0.25) is 0 Å². The van der Waals surface area contributed by atoms with Crippen molar-refractivity contribution in [1.29, 1.82) is 0 Å². The second kappa shape index (κ2) is 11.1. The first-order valence-corrected chi connectivity index (χ1v) is 5.05. The van der Waals surface area contributed by atoms with Crippen LogP contribution in [0.1, 0.15) is 33.5 Å². The Morgan fingerprint density at radius 3 is 2.46 bits per heavy atom. The largest absolute Gasteiger partial charge is 1.00 e. The van der Waals surface area contributed by atoms with Crippen LogP contribution in [0.3, 0.4) is 0 Å². The van der Waals surface area contributed by atoms with E-state index in [4.69, 9.17) is 28.3 Å². The number of carbonyl (C=O) groups is 1. The minimum atomic E-state index is -0.738. The predicted molar refractivity (Wildman–Crippen MR) is 52.2 cm³/mol. The second-order valence-corrected chi connectivity index (χ2v) is 3.71. The molecule has 1 unspecified atom stereocenters. The molecular formula is C8H15Cl2NaO2. The fourth-order valence-corrected chi connectivity index (χ4v) is 1.54. The van der Waals surface area contributed by atoms with Gasteiger partial charge < -0.3 is 6.53 Å². The zero-order valence-electron chi connectivity index (χ0n) is 8.93. The number of hydrogen-bond donors (Lipinski definition) is 1. The molecule has 0 spiro atoms. The van der Waals surface area contributed by atoms with E-state index in [2.05, 4.69) is 0 Å². The van der Waals surface area contributed by atoms with Crippen LogP contribution in [0.5, 0.6) is 0 Å². The van der Waals surface area contributed by atoms with Crippen LogP contribution in [0.25, 0.3) is 0 Å². The Kier molecular flexibility index (Phi) is 14.1. The molecular weight excluding hydrogens is 222 g/mol. The van der Waals surface area contributed by atoms with E-state index >= 15 is 0 Å². The SMILES string of the molecule is O=C(O)CCCCC(Cl)CCCl.[H-].[Na+]. The molecule has 0 aromatic rings. The van der Waals surface area contributed by atoms with Crippen molar-refractivity contribution in [1.82, 2.24) is 0 Å². The van der Waals surface area contributed by atoms with Gasteiger partial charge in [-0.2, -0.15) is 0 Å². The molecule has 1 atom stereocenters. The van der Waals surface area contributed by atoms with Gasteiger partial charge in [-0.1, -0.05) is 6.42 Å². The zero-order valence-corrected chi connectivity index (χ0v) is 11.4. The van der Waals surface area contributed by atoms with E-state index in [0.717, 1.165) is 19.3 Å². The van der Waals surface area contributed by atoms with Crippen LogP contribution in [0.4, 0.5) is 0 Å². The minimum absolute atomic E-state index is 0. The average Bonchev–Trinajstić information content (AvgIpc) is 1.98. The van der Waals surface area contributed by atoms with Crippen molar-refractivity contribution in [2.24, 2.45) is 0 Å². The van der Waals surface area contributed by atoms with Gasteiger partial charge in [-0.15, -0.1) is 23.2 Å². The molecule has 0 heterocycles.